The van der Waals surface area contributed by atoms with Gasteiger partial charge in [-0.2, -0.15) is 0 Å². The number of fused-ring (bicyclic) bond motifs is 1. The zero-order valence-electron chi connectivity index (χ0n) is 10.6. The van der Waals surface area contributed by atoms with Crippen LogP contribution in [0.1, 0.15) is 5.56 Å². The van der Waals surface area contributed by atoms with Gasteiger partial charge in [0.15, 0.2) is 11.1 Å². The number of rotatable bonds is 3. The fraction of sp³-hybridized carbons (Fsp3) is 0.133. The van der Waals surface area contributed by atoms with E-state index in [9.17, 15) is 0 Å². The number of oxazole rings is 1. The molecule has 0 aliphatic heterocycles. The molecule has 0 fully saturated rings. The molecule has 2 aromatic carbocycles. The number of nitrogens with two attached hydrogens (primary N) is 1. The van der Waals surface area contributed by atoms with Crippen molar-refractivity contribution in [3.05, 3.63) is 48.0 Å². The highest BCUT2D eigenvalue weighted by Crippen LogP contribution is 2.30. The molecule has 3 rings (SSSR count). The predicted molar refractivity (Wildman–Crippen MR) is 73.9 cm³/mol. The Balaban J connectivity index is 2.15. The van der Waals surface area contributed by atoms with Gasteiger partial charge < -0.3 is 14.9 Å². The standard InChI is InChI=1S/C15H14N2O2/c1-18-12-6-3-7-13-14(12)17-15(19-13)11-5-2-4-10(8-11)9-16/h2-8H,9,16H2,1H3. The monoisotopic (exact) mass is 254 g/mol. The molecule has 0 radical (unpaired) electrons. The van der Waals surface area contributed by atoms with Crippen LogP contribution < -0.4 is 10.5 Å². The minimum absolute atomic E-state index is 0.497. The average molecular weight is 254 g/mol. The summed E-state index contributed by atoms with van der Waals surface area (Å²) in [5.74, 6) is 1.29. The molecule has 2 N–H and O–H groups in total. The Kier molecular flexibility index (Phi) is 2.93. The van der Waals surface area contributed by atoms with Gasteiger partial charge in [-0.05, 0) is 29.8 Å². The van der Waals surface area contributed by atoms with Gasteiger partial charge in [0.25, 0.3) is 0 Å². The molecule has 4 nitrogen and oxygen atoms in total. The van der Waals surface area contributed by atoms with Crippen LogP contribution in [0.15, 0.2) is 46.9 Å². The molecule has 0 saturated carbocycles. The van der Waals surface area contributed by atoms with Crippen molar-refractivity contribution >= 4 is 11.1 Å². The van der Waals surface area contributed by atoms with E-state index in [1.165, 1.54) is 0 Å². The van der Waals surface area contributed by atoms with E-state index < -0.39 is 0 Å². The second kappa shape index (κ2) is 4.74. The van der Waals surface area contributed by atoms with Crippen LogP contribution in [-0.4, -0.2) is 12.1 Å². The van der Waals surface area contributed by atoms with Crippen molar-refractivity contribution in [1.29, 1.82) is 0 Å². The summed E-state index contributed by atoms with van der Waals surface area (Å²) in [5, 5.41) is 0. The molecule has 0 aliphatic rings. The number of nitrogens with zero attached hydrogens (tertiary/aromatic N) is 1. The molecule has 0 spiro atoms. The van der Waals surface area contributed by atoms with Gasteiger partial charge in [0.2, 0.25) is 5.89 Å². The van der Waals surface area contributed by atoms with Gasteiger partial charge in [-0.1, -0.05) is 18.2 Å². The van der Waals surface area contributed by atoms with E-state index in [0.29, 0.717) is 23.8 Å². The summed E-state index contributed by atoms with van der Waals surface area (Å²) in [6.45, 7) is 0.497. The summed E-state index contributed by atoms with van der Waals surface area (Å²) in [7, 11) is 1.62. The Morgan fingerprint density at radius 3 is 2.84 bits per heavy atom. The maximum atomic E-state index is 5.76. The van der Waals surface area contributed by atoms with Crippen molar-refractivity contribution in [3.8, 4) is 17.2 Å². The first-order valence-electron chi connectivity index (χ1n) is 6.05. The van der Waals surface area contributed by atoms with Crippen molar-refractivity contribution in [2.45, 2.75) is 6.54 Å². The third-order valence-corrected chi connectivity index (χ3v) is 3.01. The Hall–Kier alpha value is -2.33. The molecule has 0 saturated heterocycles. The maximum Gasteiger partial charge on any atom is 0.227 e. The van der Waals surface area contributed by atoms with Crippen LogP contribution in [0.2, 0.25) is 0 Å². The minimum Gasteiger partial charge on any atom is -0.494 e. The molecule has 96 valence electrons. The number of benzene rings is 2. The molecule has 0 bridgehead atoms. The fourth-order valence-corrected chi connectivity index (χ4v) is 2.04. The fourth-order valence-electron chi connectivity index (χ4n) is 2.04. The minimum atomic E-state index is 0.497. The van der Waals surface area contributed by atoms with E-state index in [2.05, 4.69) is 4.98 Å². The first-order chi connectivity index (χ1) is 9.31. The van der Waals surface area contributed by atoms with E-state index in [-0.39, 0.29) is 0 Å². The van der Waals surface area contributed by atoms with Crippen LogP contribution >= 0.6 is 0 Å². The lowest BCUT2D eigenvalue weighted by atomic mass is 10.1. The molecule has 1 heterocycles. The SMILES string of the molecule is COc1cccc2oc(-c3cccc(CN)c3)nc12. The van der Waals surface area contributed by atoms with Gasteiger partial charge in [0, 0.05) is 12.1 Å². The van der Waals surface area contributed by atoms with Crippen LogP contribution in [-0.2, 0) is 6.54 Å². The van der Waals surface area contributed by atoms with Crippen LogP contribution in [0.25, 0.3) is 22.6 Å². The second-order valence-electron chi connectivity index (χ2n) is 4.23. The van der Waals surface area contributed by atoms with Gasteiger partial charge >= 0.3 is 0 Å². The average Bonchev–Trinajstić information content (AvgIpc) is 2.91. The maximum absolute atomic E-state index is 5.76. The molecule has 1 aromatic heterocycles. The topological polar surface area (TPSA) is 61.3 Å². The quantitative estimate of drug-likeness (QED) is 0.780. The molecular formula is C15H14N2O2. The molecule has 0 amide bonds. The molecule has 4 heteroatoms. The zero-order valence-corrected chi connectivity index (χ0v) is 10.6. The molecule has 0 aliphatic carbocycles. The third kappa shape index (κ3) is 2.06. The molecular weight excluding hydrogens is 240 g/mol. The summed E-state index contributed by atoms with van der Waals surface area (Å²) in [4.78, 5) is 4.50. The number of hydrogen-bond donors (Lipinski definition) is 1. The van der Waals surface area contributed by atoms with Crippen molar-refractivity contribution in [2.24, 2.45) is 5.73 Å². The van der Waals surface area contributed by atoms with E-state index in [1.54, 1.807) is 7.11 Å². The molecule has 3 aromatic rings. The number of aromatic nitrogens is 1. The Morgan fingerprint density at radius 1 is 1.21 bits per heavy atom. The van der Waals surface area contributed by atoms with Crippen molar-refractivity contribution in [1.82, 2.24) is 4.98 Å². The lowest BCUT2D eigenvalue weighted by Crippen LogP contribution is -1.95. The summed E-state index contributed by atoms with van der Waals surface area (Å²) >= 11 is 0. The first-order valence-corrected chi connectivity index (χ1v) is 6.05. The van der Waals surface area contributed by atoms with Crippen LogP contribution in [0.5, 0.6) is 5.75 Å². The first kappa shape index (κ1) is 11.7. The van der Waals surface area contributed by atoms with Gasteiger partial charge in [0.05, 0.1) is 7.11 Å². The highest BCUT2D eigenvalue weighted by molar-refractivity contribution is 5.82. The van der Waals surface area contributed by atoms with E-state index >= 15 is 0 Å². The lowest BCUT2D eigenvalue weighted by molar-refractivity contribution is 0.419. The van der Waals surface area contributed by atoms with Crippen LogP contribution in [0.3, 0.4) is 0 Å². The highest BCUT2D eigenvalue weighted by atomic mass is 16.5. The van der Waals surface area contributed by atoms with Gasteiger partial charge in [-0.3, -0.25) is 0 Å². The summed E-state index contributed by atoms with van der Waals surface area (Å²) < 4.78 is 11.0. The van der Waals surface area contributed by atoms with Crippen LogP contribution in [0, 0.1) is 0 Å². The number of ether oxygens (including phenoxy) is 1. The van der Waals surface area contributed by atoms with E-state index in [4.69, 9.17) is 14.9 Å². The summed E-state index contributed by atoms with van der Waals surface area (Å²) in [5.41, 5.74) is 9.06. The number of hydrogen-bond acceptors (Lipinski definition) is 4. The summed E-state index contributed by atoms with van der Waals surface area (Å²) in [6, 6.07) is 13.5. The molecule has 19 heavy (non-hydrogen) atoms. The third-order valence-electron chi connectivity index (χ3n) is 3.01. The predicted octanol–water partition coefficient (Wildman–Crippen LogP) is 2.96. The van der Waals surface area contributed by atoms with E-state index in [0.717, 1.165) is 16.6 Å². The van der Waals surface area contributed by atoms with Crippen molar-refractivity contribution in [2.75, 3.05) is 7.11 Å². The number of methoxy groups -OCH3 is 1. The van der Waals surface area contributed by atoms with Gasteiger partial charge in [0.1, 0.15) is 5.75 Å². The van der Waals surface area contributed by atoms with E-state index in [1.807, 2.05) is 42.5 Å². The van der Waals surface area contributed by atoms with Crippen LogP contribution in [0.4, 0.5) is 0 Å². The normalized spacial score (nSPS) is 10.8. The Bertz CT molecular complexity index is 719. The molecule has 0 unspecified atom stereocenters. The smallest absolute Gasteiger partial charge is 0.227 e. The van der Waals surface area contributed by atoms with Crippen molar-refractivity contribution < 1.29 is 9.15 Å². The Labute approximate surface area is 110 Å². The largest absolute Gasteiger partial charge is 0.494 e. The molecule has 0 atom stereocenters. The number of para-hydroxylation sites is 1. The highest BCUT2D eigenvalue weighted by Gasteiger charge is 2.11. The Morgan fingerprint density at radius 2 is 2.05 bits per heavy atom. The van der Waals surface area contributed by atoms with Gasteiger partial charge in [-0.15, -0.1) is 0 Å². The van der Waals surface area contributed by atoms with Crippen molar-refractivity contribution in [3.63, 3.8) is 0 Å². The summed E-state index contributed by atoms with van der Waals surface area (Å²) in [6.07, 6.45) is 0. The second-order valence-corrected chi connectivity index (χ2v) is 4.23. The lowest BCUT2D eigenvalue weighted by Gasteiger charge is -1.98. The van der Waals surface area contributed by atoms with Gasteiger partial charge in [-0.25, -0.2) is 4.98 Å². The zero-order chi connectivity index (χ0) is 13.2.